The Morgan fingerprint density at radius 1 is 0.657 bits per heavy atom. The largest absolute Gasteiger partial charge is 0.497 e. The molecule has 6 atom stereocenters. The standard InChI is InChI=1S/C29H40O6/c1-18-28(3,26(34-18)22-12-10-20(30-5)16-24(22)32-7)14-9-15-29(4)19(2)35-27(29)23-13-11-21(31-6)17-25(23)33-8/h10-13,16-19,26-27H,9,14-15H2,1-8H3/t18-,19?,26?,27?,28-,29?/m1/s1. The average Bonchev–Trinajstić information content (AvgIpc) is 2.89. The van der Waals surface area contributed by atoms with Gasteiger partial charge < -0.3 is 28.4 Å². The molecule has 35 heavy (non-hydrogen) atoms. The number of methoxy groups -OCH3 is 4. The lowest BCUT2D eigenvalue weighted by Gasteiger charge is -2.55. The number of rotatable bonds is 10. The summed E-state index contributed by atoms with van der Waals surface area (Å²) in [5.74, 6) is 3.19. The zero-order valence-corrected chi connectivity index (χ0v) is 22.3. The Morgan fingerprint density at radius 2 is 1.06 bits per heavy atom. The van der Waals surface area contributed by atoms with Crippen LogP contribution in [0.15, 0.2) is 36.4 Å². The molecule has 2 saturated heterocycles. The lowest BCUT2D eigenvalue weighted by Crippen LogP contribution is -2.52. The second-order valence-electron chi connectivity index (χ2n) is 10.4. The van der Waals surface area contributed by atoms with Crippen LogP contribution in [0.2, 0.25) is 0 Å². The van der Waals surface area contributed by atoms with E-state index in [1.165, 1.54) is 0 Å². The van der Waals surface area contributed by atoms with Crippen LogP contribution in [0.25, 0.3) is 0 Å². The van der Waals surface area contributed by atoms with E-state index in [1.807, 2.05) is 24.3 Å². The minimum Gasteiger partial charge on any atom is -0.497 e. The molecule has 2 aliphatic rings. The van der Waals surface area contributed by atoms with E-state index in [-0.39, 0.29) is 35.2 Å². The topological polar surface area (TPSA) is 55.4 Å². The molecule has 2 aromatic carbocycles. The monoisotopic (exact) mass is 484 g/mol. The summed E-state index contributed by atoms with van der Waals surface area (Å²) in [4.78, 5) is 0. The maximum absolute atomic E-state index is 6.27. The Bertz CT molecular complexity index is 956. The van der Waals surface area contributed by atoms with Crippen LogP contribution in [0, 0.1) is 10.8 Å². The third-order valence-corrected chi connectivity index (χ3v) is 8.61. The molecule has 4 unspecified atom stereocenters. The fourth-order valence-electron chi connectivity index (χ4n) is 5.76. The van der Waals surface area contributed by atoms with Crippen LogP contribution in [0.5, 0.6) is 23.0 Å². The molecule has 6 heteroatoms. The summed E-state index contributed by atoms with van der Waals surface area (Å²) in [5.41, 5.74) is 2.22. The van der Waals surface area contributed by atoms with Gasteiger partial charge in [0, 0.05) is 34.1 Å². The van der Waals surface area contributed by atoms with E-state index in [0.717, 1.165) is 53.4 Å². The molecule has 0 amide bonds. The Kier molecular flexibility index (Phi) is 7.26. The van der Waals surface area contributed by atoms with Gasteiger partial charge in [-0.2, -0.15) is 0 Å². The molecule has 2 aromatic rings. The molecule has 0 aromatic heterocycles. The van der Waals surface area contributed by atoms with Crippen molar-refractivity contribution in [2.24, 2.45) is 10.8 Å². The molecule has 192 valence electrons. The zero-order chi connectivity index (χ0) is 25.4. The van der Waals surface area contributed by atoms with Crippen molar-refractivity contribution in [3.8, 4) is 23.0 Å². The maximum Gasteiger partial charge on any atom is 0.128 e. The highest BCUT2D eigenvalue weighted by atomic mass is 16.5. The molecule has 2 heterocycles. The van der Waals surface area contributed by atoms with Crippen molar-refractivity contribution < 1.29 is 28.4 Å². The second kappa shape index (κ2) is 9.90. The molecule has 0 radical (unpaired) electrons. The van der Waals surface area contributed by atoms with E-state index in [4.69, 9.17) is 28.4 Å². The Hall–Kier alpha value is -2.44. The van der Waals surface area contributed by atoms with E-state index in [2.05, 4.69) is 39.8 Å². The van der Waals surface area contributed by atoms with E-state index in [0.29, 0.717) is 0 Å². The number of hydrogen-bond acceptors (Lipinski definition) is 6. The molecule has 0 aliphatic carbocycles. The highest BCUT2D eigenvalue weighted by Gasteiger charge is 2.54. The average molecular weight is 485 g/mol. The first kappa shape index (κ1) is 25.6. The van der Waals surface area contributed by atoms with Crippen LogP contribution in [0.4, 0.5) is 0 Å². The minimum atomic E-state index is -0.00120. The van der Waals surface area contributed by atoms with Crippen LogP contribution >= 0.6 is 0 Å². The van der Waals surface area contributed by atoms with E-state index < -0.39 is 0 Å². The quantitative estimate of drug-likeness (QED) is 0.382. The third kappa shape index (κ3) is 4.36. The van der Waals surface area contributed by atoms with E-state index >= 15 is 0 Å². The van der Waals surface area contributed by atoms with Crippen molar-refractivity contribution in [3.05, 3.63) is 47.5 Å². The first-order chi connectivity index (χ1) is 16.7. The van der Waals surface area contributed by atoms with Gasteiger partial charge in [-0.25, -0.2) is 0 Å². The molecule has 0 bridgehead atoms. The van der Waals surface area contributed by atoms with Gasteiger partial charge in [-0.1, -0.05) is 20.3 Å². The van der Waals surface area contributed by atoms with Crippen LogP contribution in [-0.2, 0) is 9.47 Å². The Morgan fingerprint density at radius 3 is 1.37 bits per heavy atom. The number of ether oxygens (including phenoxy) is 6. The van der Waals surface area contributed by atoms with Gasteiger partial charge in [0.05, 0.1) is 52.9 Å². The van der Waals surface area contributed by atoms with Crippen molar-refractivity contribution in [2.75, 3.05) is 28.4 Å². The van der Waals surface area contributed by atoms with Crippen LogP contribution in [0.3, 0.4) is 0 Å². The zero-order valence-electron chi connectivity index (χ0n) is 22.3. The summed E-state index contributed by atoms with van der Waals surface area (Å²) in [6, 6.07) is 12.0. The molecule has 0 N–H and O–H groups in total. The van der Waals surface area contributed by atoms with E-state index in [1.54, 1.807) is 28.4 Å². The van der Waals surface area contributed by atoms with Gasteiger partial charge in [0.25, 0.3) is 0 Å². The van der Waals surface area contributed by atoms with Gasteiger partial charge >= 0.3 is 0 Å². The van der Waals surface area contributed by atoms with Gasteiger partial charge in [0.1, 0.15) is 23.0 Å². The van der Waals surface area contributed by atoms with Crippen molar-refractivity contribution in [2.45, 2.75) is 71.4 Å². The summed E-state index contributed by atoms with van der Waals surface area (Å²) in [6.45, 7) is 9.02. The molecule has 0 saturated carbocycles. The SMILES string of the molecule is COc1ccc(C2OC(C)C2(C)CCC[C@@]2(C)C(c3ccc(OC)cc3OC)O[C@@H]2C)c(OC)c1. The Balaban J connectivity index is 1.47. The van der Waals surface area contributed by atoms with Gasteiger partial charge in [0.2, 0.25) is 0 Å². The molecular formula is C29H40O6. The fourth-order valence-corrected chi connectivity index (χ4v) is 5.76. The maximum atomic E-state index is 6.27. The predicted octanol–water partition coefficient (Wildman–Crippen LogP) is 6.52. The van der Waals surface area contributed by atoms with Crippen molar-refractivity contribution in [3.63, 3.8) is 0 Å². The van der Waals surface area contributed by atoms with Gasteiger partial charge in [-0.3, -0.25) is 0 Å². The predicted molar refractivity (Wildman–Crippen MR) is 136 cm³/mol. The fraction of sp³-hybridized carbons (Fsp3) is 0.586. The second-order valence-corrected chi connectivity index (χ2v) is 10.4. The Labute approximate surface area is 209 Å². The van der Waals surface area contributed by atoms with Crippen LogP contribution in [-0.4, -0.2) is 40.6 Å². The summed E-state index contributed by atoms with van der Waals surface area (Å²) in [7, 11) is 6.73. The summed E-state index contributed by atoms with van der Waals surface area (Å²) >= 11 is 0. The first-order valence-corrected chi connectivity index (χ1v) is 12.5. The van der Waals surface area contributed by atoms with E-state index in [9.17, 15) is 0 Å². The third-order valence-electron chi connectivity index (χ3n) is 8.61. The first-order valence-electron chi connectivity index (χ1n) is 12.5. The highest BCUT2D eigenvalue weighted by molar-refractivity contribution is 5.44. The van der Waals surface area contributed by atoms with Gasteiger partial charge in [0.15, 0.2) is 0 Å². The van der Waals surface area contributed by atoms with Crippen LogP contribution < -0.4 is 18.9 Å². The van der Waals surface area contributed by atoms with Crippen molar-refractivity contribution in [1.82, 2.24) is 0 Å². The van der Waals surface area contributed by atoms with Gasteiger partial charge in [-0.05, 0) is 51.0 Å². The summed E-state index contributed by atoms with van der Waals surface area (Å²) in [5, 5.41) is 0. The summed E-state index contributed by atoms with van der Waals surface area (Å²) < 4.78 is 34.6. The van der Waals surface area contributed by atoms with Gasteiger partial charge in [-0.15, -0.1) is 0 Å². The molecule has 2 fully saturated rings. The molecule has 4 rings (SSSR count). The smallest absolute Gasteiger partial charge is 0.128 e. The lowest BCUT2D eigenvalue weighted by molar-refractivity contribution is -0.255. The molecule has 0 spiro atoms. The minimum absolute atomic E-state index is 0.00120. The lowest BCUT2D eigenvalue weighted by atomic mass is 9.64. The molecule has 6 nitrogen and oxygen atoms in total. The molecule has 2 aliphatic heterocycles. The number of hydrogen-bond donors (Lipinski definition) is 0. The molecular weight excluding hydrogens is 444 g/mol. The normalized spacial score (nSPS) is 31.8. The van der Waals surface area contributed by atoms with Crippen molar-refractivity contribution >= 4 is 0 Å². The number of benzene rings is 2. The van der Waals surface area contributed by atoms with Crippen molar-refractivity contribution in [1.29, 1.82) is 0 Å². The highest BCUT2D eigenvalue weighted by Crippen LogP contribution is 2.59. The summed E-state index contributed by atoms with van der Waals surface area (Å²) in [6.07, 6.45) is 3.56. The van der Waals surface area contributed by atoms with Crippen LogP contribution in [0.1, 0.15) is 70.3 Å².